The maximum atomic E-state index is 3.53. The molecule has 1 aliphatic rings. The smallest absolute Gasteiger partial charge is 0.0457 e. The number of halogens is 1. The molecule has 0 amide bonds. The maximum Gasteiger partial charge on any atom is 0.0457 e. The lowest BCUT2D eigenvalue weighted by Crippen LogP contribution is -2.07. The van der Waals surface area contributed by atoms with Crippen molar-refractivity contribution in [3.05, 3.63) is 34.4 Å². The van der Waals surface area contributed by atoms with Crippen LogP contribution in [-0.4, -0.2) is 4.98 Å². The van der Waals surface area contributed by atoms with Crippen LogP contribution >= 0.6 is 15.9 Å². The molecule has 3 rings (SSSR count). The summed E-state index contributed by atoms with van der Waals surface area (Å²) in [6, 6.07) is 6.45. The van der Waals surface area contributed by atoms with Crippen LogP contribution in [0.3, 0.4) is 0 Å². The molecule has 0 bridgehead atoms. The van der Waals surface area contributed by atoms with Gasteiger partial charge in [-0.05, 0) is 42.5 Å². The molecule has 14 heavy (non-hydrogen) atoms. The summed E-state index contributed by atoms with van der Waals surface area (Å²) in [6.07, 6.45) is 6.30. The molecule has 0 unspecified atom stereocenters. The molecule has 2 heteroatoms. The fraction of sp³-hybridized carbons (Fsp3) is 0.333. The Labute approximate surface area is 91.6 Å². The Morgan fingerprint density at radius 1 is 1.29 bits per heavy atom. The van der Waals surface area contributed by atoms with E-state index >= 15 is 0 Å². The molecule has 1 fully saturated rings. The van der Waals surface area contributed by atoms with Gasteiger partial charge >= 0.3 is 0 Å². The molecule has 1 saturated carbocycles. The van der Waals surface area contributed by atoms with Crippen LogP contribution in [0.5, 0.6) is 0 Å². The zero-order chi connectivity index (χ0) is 9.54. The molecule has 0 radical (unpaired) electrons. The van der Waals surface area contributed by atoms with E-state index in [1.54, 1.807) is 0 Å². The summed E-state index contributed by atoms with van der Waals surface area (Å²) in [7, 11) is 0. The Balaban J connectivity index is 2.18. The van der Waals surface area contributed by atoms with Crippen LogP contribution in [0, 0.1) is 0 Å². The van der Waals surface area contributed by atoms with Crippen LogP contribution in [0.4, 0.5) is 0 Å². The number of benzene rings is 1. The summed E-state index contributed by atoms with van der Waals surface area (Å²) < 4.78 is 1.17. The average Bonchev–Trinajstić information content (AvgIpc) is 2.46. The molecule has 2 aromatic rings. The van der Waals surface area contributed by atoms with E-state index in [0.717, 1.165) is 5.92 Å². The summed E-state index contributed by atoms with van der Waals surface area (Å²) in [5.74, 6) is 0.804. The summed E-state index contributed by atoms with van der Waals surface area (Å²) in [6.45, 7) is 0. The van der Waals surface area contributed by atoms with E-state index in [-0.39, 0.29) is 0 Å². The zero-order valence-corrected chi connectivity index (χ0v) is 9.47. The van der Waals surface area contributed by atoms with E-state index in [9.17, 15) is 0 Å². The first kappa shape index (κ1) is 8.54. The summed E-state index contributed by atoms with van der Waals surface area (Å²) in [5.41, 5.74) is 2.77. The second kappa shape index (κ2) is 3.13. The number of H-pyrrole nitrogens is 1. The molecule has 1 aliphatic carbocycles. The van der Waals surface area contributed by atoms with Crippen molar-refractivity contribution in [3.63, 3.8) is 0 Å². The van der Waals surface area contributed by atoms with Gasteiger partial charge in [-0.15, -0.1) is 0 Å². The van der Waals surface area contributed by atoms with Crippen LogP contribution < -0.4 is 0 Å². The summed E-state index contributed by atoms with van der Waals surface area (Å²) in [5, 5.41) is 1.39. The van der Waals surface area contributed by atoms with E-state index in [1.165, 1.54) is 40.2 Å². The van der Waals surface area contributed by atoms with Gasteiger partial charge in [-0.1, -0.05) is 22.4 Å². The van der Waals surface area contributed by atoms with Crippen molar-refractivity contribution >= 4 is 26.8 Å². The Bertz CT molecular complexity index is 468. The minimum absolute atomic E-state index is 0.804. The first-order valence-corrected chi connectivity index (χ1v) is 5.90. The third-order valence-corrected chi connectivity index (χ3v) is 3.71. The van der Waals surface area contributed by atoms with Gasteiger partial charge in [0.1, 0.15) is 0 Å². The molecule has 0 atom stereocenters. The third kappa shape index (κ3) is 1.21. The number of hydrogen-bond donors (Lipinski definition) is 1. The summed E-state index contributed by atoms with van der Waals surface area (Å²) >= 11 is 3.53. The highest BCUT2D eigenvalue weighted by Gasteiger charge is 2.22. The van der Waals surface area contributed by atoms with Gasteiger partial charge in [0.05, 0.1) is 0 Å². The number of aromatic nitrogens is 1. The van der Waals surface area contributed by atoms with Crippen LogP contribution in [0.15, 0.2) is 28.9 Å². The molecule has 0 spiro atoms. The highest BCUT2D eigenvalue weighted by molar-refractivity contribution is 9.10. The van der Waals surface area contributed by atoms with Crippen LogP contribution in [0.25, 0.3) is 10.9 Å². The number of aromatic amines is 1. The van der Waals surface area contributed by atoms with Crippen molar-refractivity contribution in [3.8, 4) is 0 Å². The fourth-order valence-corrected chi connectivity index (χ4v) is 2.53. The molecule has 1 heterocycles. The van der Waals surface area contributed by atoms with E-state index in [0.29, 0.717) is 0 Å². The van der Waals surface area contributed by atoms with Crippen molar-refractivity contribution in [2.75, 3.05) is 0 Å². The highest BCUT2D eigenvalue weighted by atomic mass is 79.9. The van der Waals surface area contributed by atoms with Gasteiger partial charge < -0.3 is 4.98 Å². The van der Waals surface area contributed by atoms with Crippen molar-refractivity contribution in [1.29, 1.82) is 0 Å². The molecule has 1 N–H and O–H groups in total. The molecule has 1 aromatic carbocycles. The minimum atomic E-state index is 0.804. The molecule has 0 saturated heterocycles. The predicted octanol–water partition coefficient (Wildman–Crippen LogP) is 4.20. The van der Waals surface area contributed by atoms with Crippen LogP contribution in [0.1, 0.15) is 30.7 Å². The largest absolute Gasteiger partial charge is 0.361 e. The van der Waals surface area contributed by atoms with Crippen LogP contribution in [-0.2, 0) is 0 Å². The predicted molar refractivity (Wildman–Crippen MR) is 62.6 cm³/mol. The van der Waals surface area contributed by atoms with E-state index in [1.807, 2.05) is 0 Å². The van der Waals surface area contributed by atoms with Gasteiger partial charge in [-0.2, -0.15) is 0 Å². The summed E-state index contributed by atoms with van der Waals surface area (Å²) in [4.78, 5) is 3.34. The lowest BCUT2D eigenvalue weighted by molar-refractivity contribution is 0.422. The lowest BCUT2D eigenvalue weighted by atomic mass is 9.80. The second-order valence-electron chi connectivity index (χ2n) is 4.06. The highest BCUT2D eigenvalue weighted by Crippen LogP contribution is 2.40. The monoisotopic (exact) mass is 249 g/mol. The van der Waals surface area contributed by atoms with Crippen molar-refractivity contribution < 1.29 is 0 Å². The van der Waals surface area contributed by atoms with E-state index < -0.39 is 0 Å². The minimum Gasteiger partial charge on any atom is -0.361 e. The fourth-order valence-electron chi connectivity index (χ4n) is 2.17. The van der Waals surface area contributed by atoms with Crippen LogP contribution in [0.2, 0.25) is 0 Å². The second-order valence-corrected chi connectivity index (χ2v) is 4.98. The molecule has 1 nitrogen and oxygen atoms in total. The van der Waals surface area contributed by atoms with E-state index in [4.69, 9.17) is 0 Å². The van der Waals surface area contributed by atoms with Gasteiger partial charge in [-0.3, -0.25) is 0 Å². The number of nitrogens with one attached hydrogen (secondary N) is 1. The zero-order valence-electron chi connectivity index (χ0n) is 7.89. The molecular weight excluding hydrogens is 238 g/mol. The van der Waals surface area contributed by atoms with Gasteiger partial charge in [-0.25, -0.2) is 0 Å². The molecule has 0 aliphatic heterocycles. The molecule has 72 valence electrons. The third-order valence-electron chi connectivity index (χ3n) is 3.22. The van der Waals surface area contributed by atoms with Gasteiger partial charge in [0.15, 0.2) is 0 Å². The topological polar surface area (TPSA) is 15.8 Å². The van der Waals surface area contributed by atoms with Gasteiger partial charge in [0, 0.05) is 21.6 Å². The van der Waals surface area contributed by atoms with Gasteiger partial charge in [0.2, 0.25) is 0 Å². The van der Waals surface area contributed by atoms with Crippen molar-refractivity contribution in [2.45, 2.75) is 25.2 Å². The normalized spacial score (nSPS) is 17.2. The Hall–Kier alpha value is -0.760. The Kier molecular flexibility index (Phi) is 1.91. The first-order chi connectivity index (χ1) is 6.84. The maximum absolute atomic E-state index is 3.53. The lowest BCUT2D eigenvalue weighted by Gasteiger charge is -2.24. The molecule has 1 aromatic heterocycles. The quantitative estimate of drug-likeness (QED) is 0.780. The number of fused-ring (bicyclic) bond motifs is 1. The molecular formula is C12H12BrN. The van der Waals surface area contributed by atoms with Crippen molar-refractivity contribution in [2.24, 2.45) is 0 Å². The van der Waals surface area contributed by atoms with Crippen molar-refractivity contribution in [1.82, 2.24) is 4.98 Å². The standard InChI is InChI=1S/C12H12BrN/c13-9-4-5-12-10(6-9)11(7-14-12)8-2-1-3-8/h4-8,14H,1-3H2. The van der Waals surface area contributed by atoms with Gasteiger partial charge in [0.25, 0.3) is 0 Å². The van der Waals surface area contributed by atoms with E-state index in [2.05, 4.69) is 45.3 Å². The number of rotatable bonds is 1. The Morgan fingerprint density at radius 3 is 2.86 bits per heavy atom. The first-order valence-electron chi connectivity index (χ1n) is 5.11. The SMILES string of the molecule is Brc1ccc2[nH]cc(C3CCC3)c2c1. The Morgan fingerprint density at radius 2 is 2.14 bits per heavy atom. The number of hydrogen-bond acceptors (Lipinski definition) is 0. The average molecular weight is 250 g/mol.